The molecule has 0 saturated heterocycles. The molecule has 0 aliphatic heterocycles. The zero-order valence-electron chi connectivity index (χ0n) is 8.94. The van der Waals surface area contributed by atoms with Crippen molar-refractivity contribution in [3.8, 4) is 5.75 Å². The van der Waals surface area contributed by atoms with Crippen LogP contribution in [0.25, 0.3) is 0 Å². The van der Waals surface area contributed by atoms with Crippen LogP contribution in [0.4, 0.5) is 0 Å². The molecule has 2 rings (SSSR count). The zero-order chi connectivity index (χ0) is 11.4. The topological polar surface area (TPSA) is 22.1 Å². The van der Waals surface area contributed by atoms with Gasteiger partial charge in [0.25, 0.3) is 0 Å². The Morgan fingerprint density at radius 2 is 2.38 bits per heavy atom. The van der Waals surface area contributed by atoms with Crippen molar-refractivity contribution in [2.75, 3.05) is 6.61 Å². The Bertz CT molecular complexity index is 456. The van der Waals surface area contributed by atoms with Gasteiger partial charge in [0.2, 0.25) is 0 Å². The Hall–Kier alpha value is -1.06. The Morgan fingerprint density at radius 1 is 1.50 bits per heavy atom. The Labute approximate surface area is 104 Å². The number of thiophene rings is 1. The van der Waals surface area contributed by atoms with Crippen LogP contribution in [0.2, 0.25) is 5.15 Å². The molecule has 0 N–H and O–H groups in total. The van der Waals surface area contributed by atoms with E-state index >= 15 is 0 Å². The molecule has 0 aliphatic rings. The molecule has 2 aromatic rings. The summed E-state index contributed by atoms with van der Waals surface area (Å²) >= 11 is 7.55. The molecule has 0 saturated carbocycles. The van der Waals surface area contributed by atoms with E-state index in [1.165, 1.54) is 4.88 Å². The number of hydrogen-bond donors (Lipinski definition) is 0. The molecule has 0 aromatic carbocycles. The van der Waals surface area contributed by atoms with Crippen LogP contribution in [0.5, 0.6) is 5.75 Å². The van der Waals surface area contributed by atoms with Crippen LogP contribution in [0.3, 0.4) is 0 Å². The molecule has 2 aromatic heterocycles. The van der Waals surface area contributed by atoms with Crippen LogP contribution in [0.15, 0.2) is 29.8 Å². The van der Waals surface area contributed by atoms with Gasteiger partial charge in [-0.05, 0) is 18.4 Å². The molecule has 0 atom stereocenters. The van der Waals surface area contributed by atoms with Gasteiger partial charge in [0.15, 0.2) is 0 Å². The normalized spacial score (nSPS) is 10.4. The summed E-state index contributed by atoms with van der Waals surface area (Å²) in [4.78, 5) is 5.32. The molecule has 0 aliphatic carbocycles. The van der Waals surface area contributed by atoms with Crippen LogP contribution in [-0.2, 0) is 6.42 Å². The maximum absolute atomic E-state index is 5.81. The van der Waals surface area contributed by atoms with E-state index in [9.17, 15) is 0 Å². The number of hydrogen-bond acceptors (Lipinski definition) is 3. The molecule has 2 nitrogen and oxygen atoms in total. The van der Waals surface area contributed by atoms with Gasteiger partial charge in [-0.15, -0.1) is 11.3 Å². The fraction of sp³-hybridized carbons (Fsp3) is 0.250. The molecule has 0 bridgehead atoms. The molecule has 2 heterocycles. The van der Waals surface area contributed by atoms with Crippen molar-refractivity contribution in [3.05, 3.63) is 45.4 Å². The lowest BCUT2D eigenvalue weighted by Crippen LogP contribution is -2.01. The van der Waals surface area contributed by atoms with E-state index in [0.29, 0.717) is 11.8 Å². The second-order valence-corrected chi connectivity index (χ2v) is 4.87. The Kier molecular flexibility index (Phi) is 3.80. The summed E-state index contributed by atoms with van der Waals surface area (Å²) in [6.07, 6.45) is 2.65. The van der Waals surface area contributed by atoms with E-state index in [1.807, 2.05) is 6.92 Å². The van der Waals surface area contributed by atoms with Gasteiger partial charge in [-0.1, -0.05) is 17.7 Å². The van der Waals surface area contributed by atoms with Crippen molar-refractivity contribution in [2.45, 2.75) is 13.3 Å². The van der Waals surface area contributed by atoms with Gasteiger partial charge < -0.3 is 4.74 Å². The lowest BCUT2D eigenvalue weighted by atomic mass is 10.3. The summed E-state index contributed by atoms with van der Waals surface area (Å²) < 4.78 is 5.67. The molecule has 0 radical (unpaired) electrons. The first-order valence-corrected chi connectivity index (χ1v) is 6.29. The van der Waals surface area contributed by atoms with Crippen molar-refractivity contribution in [1.82, 2.24) is 4.98 Å². The largest absolute Gasteiger partial charge is 0.493 e. The molecule has 0 spiro atoms. The fourth-order valence-electron chi connectivity index (χ4n) is 1.35. The van der Waals surface area contributed by atoms with Crippen molar-refractivity contribution >= 4 is 22.9 Å². The molecular formula is C12H12ClNOS. The Balaban J connectivity index is 1.92. The molecule has 0 unspecified atom stereocenters. The maximum atomic E-state index is 5.81. The van der Waals surface area contributed by atoms with E-state index in [-0.39, 0.29) is 0 Å². The van der Waals surface area contributed by atoms with Gasteiger partial charge in [-0.3, -0.25) is 0 Å². The first kappa shape index (κ1) is 11.4. The summed E-state index contributed by atoms with van der Waals surface area (Å²) in [6.45, 7) is 2.63. The Morgan fingerprint density at radius 3 is 3.12 bits per heavy atom. The summed E-state index contributed by atoms with van der Waals surface area (Å²) in [5.41, 5.74) is 1.01. The number of aromatic nitrogens is 1. The summed E-state index contributed by atoms with van der Waals surface area (Å²) in [6, 6.07) is 5.92. The predicted octanol–water partition coefficient (Wildman–Crippen LogP) is 3.73. The average Bonchev–Trinajstić information content (AvgIpc) is 2.76. The van der Waals surface area contributed by atoms with Crippen LogP contribution < -0.4 is 4.74 Å². The van der Waals surface area contributed by atoms with Crippen molar-refractivity contribution in [3.63, 3.8) is 0 Å². The van der Waals surface area contributed by atoms with Crippen molar-refractivity contribution < 1.29 is 4.74 Å². The predicted molar refractivity (Wildman–Crippen MR) is 67.5 cm³/mol. The maximum Gasteiger partial charge on any atom is 0.132 e. The molecule has 16 heavy (non-hydrogen) atoms. The minimum Gasteiger partial charge on any atom is -0.493 e. The number of pyridine rings is 1. The highest BCUT2D eigenvalue weighted by molar-refractivity contribution is 7.09. The zero-order valence-corrected chi connectivity index (χ0v) is 10.5. The third-order valence-corrected chi connectivity index (χ3v) is 3.35. The minimum absolute atomic E-state index is 0.469. The second-order valence-electron chi connectivity index (χ2n) is 3.45. The van der Waals surface area contributed by atoms with Gasteiger partial charge in [-0.2, -0.15) is 0 Å². The molecule has 0 fully saturated rings. The highest BCUT2D eigenvalue weighted by Gasteiger charge is 2.02. The van der Waals surface area contributed by atoms with E-state index in [2.05, 4.69) is 22.5 Å². The average molecular weight is 254 g/mol. The van der Waals surface area contributed by atoms with E-state index < -0.39 is 0 Å². The molecular weight excluding hydrogens is 242 g/mol. The first-order valence-electron chi connectivity index (χ1n) is 5.03. The SMILES string of the molecule is Cc1cnc(Cl)cc1OCCc1cccs1. The van der Waals surface area contributed by atoms with Gasteiger partial charge in [-0.25, -0.2) is 4.98 Å². The van der Waals surface area contributed by atoms with Gasteiger partial charge in [0, 0.05) is 29.1 Å². The molecule has 84 valence electrons. The number of ether oxygens (including phenoxy) is 1. The smallest absolute Gasteiger partial charge is 0.132 e. The standard InChI is InChI=1S/C12H12ClNOS/c1-9-8-14-12(13)7-11(9)15-5-4-10-3-2-6-16-10/h2-3,6-8H,4-5H2,1H3. The highest BCUT2D eigenvalue weighted by Crippen LogP contribution is 2.20. The third-order valence-electron chi connectivity index (χ3n) is 2.21. The van der Waals surface area contributed by atoms with E-state index in [4.69, 9.17) is 16.3 Å². The number of rotatable bonds is 4. The summed E-state index contributed by atoms with van der Waals surface area (Å²) in [5, 5.41) is 2.54. The van der Waals surface area contributed by atoms with Crippen LogP contribution in [0, 0.1) is 6.92 Å². The molecule has 4 heteroatoms. The molecule has 0 amide bonds. The van der Waals surface area contributed by atoms with Gasteiger partial charge in [0.1, 0.15) is 10.9 Å². The monoisotopic (exact) mass is 253 g/mol. The van der Waals surface area contributed by atoms with Crippen molar-refractivity contribution in [2.24, 2.45) is 0 Å². The summed E-state index contributed by atoms with van der Waals surface area (Å²) in [5.74, 6) is 0.816. The fourth-order valence-corrected chi connectivity index (χ4v) is 2.19. The summed E-state index contributed by atoms with van der Waals surface area (Å²) in [7, 11) is 0. The lowest BCUT2D eigenvalue weighted by molar-refractivity contribution is 0.320. The quantitative estimate of drug-likeness (QED) is 0.775. The van der Waals surface area contributed by atoms with Crippen LogP contribution >= 0.6 is 22.9 Å². The highest BCUT2D eigenvalue weighted by atomic mass is 35.5. The first-order chi connectivity index (χ1) is 7.75. The number of halogens is 1. The van der Waals surface area contributed by atoms with Crippen molar-refractivity contribution in [1.29, 1.82) is 0 Å². The minimum atomic E-state index is 0.469. The van der Waals surface area contributed by atoms with Gasteiger partial charge >= 0.3 is 0 Å². The number of nitrogens with zero attached hydrogens (tertiary/aromatic N) is 1. The van der Waals surface area contributed by atoms with E-state index in [0.717, 1.165) is 17.7 Å². The van der Waals surface area contributed by atoms with Gasteiger partial charge in [0.05, 0.1) is 6.61 Å². The third kappa shape index (κ3) is 2.97. The van der Waals surface area contributed by atoms with E-state index in [1.54, 1.807) is 23.6 Å². The second kappa shape index (κ2) is 5.32. The number of aryl methyl sites for hydroxylation is 1. The lowest BCUT2D eigenvalue weighted by Gasteiger charge is -2.08. The van der Waals surface area contributed by atoms with Crippen LogP contribution in [-0.4, -0.2) is 11.6 Å². The van der Waals surface area contributed by atoms with Crippen LogP contribution in [0.1, 0.15) is 10.4 Å².